The third-order valence-electron chi connectivity index (χ3n) is 2.99. The Morgan fingerprint density at radius 3 is 2.91 bits per heavy atom. The van der Waals surface area contributed by atoms with E-state index in [4.69, 9.17) is 14.5 Å². The van der Waals surface area contributed by atoms with Gasteiger partial charge < -0.3 is 14.6 Å². The summed E-state index contributed by atoms with van der Waals surface area (Å²) < 4.78 is 10.4. The number of nitrogens with zero attached hydrogens (tertiary/aromatic N) is 2. The van der Waals surface area contributed by atoms with E-state index >= 15 is 0 Å². The van der Waals surface area contributed by atoms with E-state index in [0.717, 1.165) is 5.56 Å². The Morgan fingerprint density at radius 1 is 1.45 bits per heavy atom. The molecule has 0 spiro atoms. The van der Waals surface area contributed by atoms with Crippen LogP contribution in [0.5, 0.6) is 5.75 Å². The number of aromatic nitrogens is 1. The van der Waals surface area contributed by atoms with Crippen molar-refractivity contribution in [3.8, 4) is 23.1 Å². The normalized spacial score (nSPS) is 10.8. The molecule has 0 atom stereocenters. The fraction of sp³-hybridized carbons (Fsp3) is 0.312. The van der Waals surface area contributed by atoms with Crippen LogP contribution in [-0.4, -0.2) is 23.7 Å². The molecule has 1 aromatic heterocycles. The lowest BCUT2D eigenvalue weighted by Gasteiger charge is -2.16. The molecule has 0 radical (unpaired) electrons. The van der Waals surface area contributed by atoms with Crippen LogP contribution in [0.25, 0.3) is 11.3 Å². The van der Waals surface area contributed by atoms with E-state index in [1.165, 1.54) is 0 Å². The molecule has 1 amide bonds. The average Bonchev–Trinajstić information content (AvgIpc) is 2.95. The van der Waals surface area contributed by atoms with E-state index in [0.29, 0.717) is 17.2 Å². The topological polar surface area (TPSA) is 88.1 Å². The maximum Gasteiger partial charge on any atom is 0.227 e. The monoisotopic (exact) mass is 299 g/mol. The van der Waals surface area contributed by atoms with Gasteiger partial charge in [-0.15, -0.1) is 0 Å². The number of benzene rings is 1. The first-order valence-electron chi connectivity index (χ1n) is 6.76. The summed E-state index contributed by atoms with van der Waals surface area (Å²) >= 11 is 0. The summed E-state index contributed by atoms with van der Waals surface area (Å²) in [6, 6.07) is 11.1. The highest BCUT2D eigenvalue weighted by Crippen LogP contribution is 2.24. The quantitative estimate of drug-likeness (QED) is 0.915. The van der Waals surface area contributed by atoms with Crippen LogP contribution < -0.4 is 10.1 Å². The zero-order chi connectivity index (χ0) is 16.2. The fourth-order valence-electron chi connectivity index (χ4n) is 1.89. The molecule has 0 fully saturated rings. The van der Waals surface area contributed by atoms with E-state index < -0.39 is 5.54 Å². The third kappa shape index (κ3) is 3.85. The first-order chi connectivity index (χ1) is 10.4. The maximum atomic E-state index is 11.9. The summed E-state index contributed by atoms with van der Waals surface area (Å²) in [5.41, 5.74) is 0.413. The molecule has 0 aliphatic carbocycles. The summed E-state index contributed by atoms with van der Waals surface area (Å²) in [4.78, 5) is 11.9. The molecule has 6 nitrogen and oxygen atoms in total. The van der Waals surface area contributed by atoms with Gasteiger partial charge in [0, 0.05) is 11.6 Å². The highest BCUT2D eigenvalue weighted by Gasteiger charge is 2.20. The molecular weight excluding hydrogens is 282 g/mol. The van der Waals surface area contributed by atoms with Gasteiger partial charge in [-0.25, -0.2) is 0 Å². The predicted octanol–water partition coefficient (Wildman–Crippen LogP) is 2.31. The van der Waals surface area contributed by atoms with Crippen molar-refractivity contribution >= 4 is 5.91 Å². The molecule has 0 bridgehead atoms. The van der Waals surface area contributed by atoms with Crippen LogP contribution in [0.4, 0.5) is 0 Å². The van der Waals surface area contributed by atoms with Crippen LogP contribution in [0, 0.1) is 11.3 Å². The van der Waals surface area contributed by atoms with Crippen LogP contribution >= 0.6 is 0 Å². The number of amides is 1. The molecule has 0 saturated carbocycles. The van der Waals surface area contributed by atoms with E-state index in [1.54, 1.807) is 27.0 Å². The molecule has 114 valence electrons. The van der Waals surface area contributed by atoms with Crippen molar-refractivity contribution in [3.05, 3.63) is 36.0 Å². The molecule has 0 unspecified atom stereocenters. The summed E-state index contributed by atoms with van der Waals surface area (Å²) in [7, 11) is 1.59. The highest BCUT2D eigenvalue weighted by molar-refractivity contribution is 5.79. The van der Waals surface area contributed by atoms with E-state index in [-0.39, 0.29) is 12.3 Å². The Labute approximate surface area is 128 Å². The van der Waals surface area contributed by atoms with Gasteiger partial charge in [-0.3, -0.25) is 4.79 Å². The summed E-state index contributed by atoms with van der Waals surface area (Å²) in [6.07, 6.45) is 0.0541. The molecule has 1 N–H and O–H groups in total. The number of carbonyl (C=O) groups excluding carboxylic acids is 1. The smallest absolute Gasteiger partial charge is 0.227 e. The third-order valence-corrected chi connectivity index (χ3v) is 2.99. The summed E-state index contributed by atoms with van der Waals surface area (Å²) in [6.45, 7) is 3.27. The van der Waals surface area contributed by atoms with Gasteiger partial charge in [0.2, 0.25) is 5.91 Å². The number of methoxy groups -OCH3 is 1. The number of hydrogen-bond acceptors (Lipinski definition) is 5. The van der Waals surface area contributed by atoms with Gasteiger partial charge in [-0.05, 0) is 26.0 Å². The molecule has 2 aromatic rings. The van der Waals surface area contributed by atoms with Crippen molar-refractivity contribution in [2.24, 2.45) is 0 Å². The first-order valence-corrected chi connectivity index (χ1v) is 6.76. The molecule has 0 aliphatic heterocycles. The summed E-state index contributed by atoms with van der Waals surface area (Å²) in [5, 5.41) is 15.4. The lowest BCUT2D eigenvalue weighted by atomic mass is 10.1. The second kappa shape index (κ2) is 6.31. The Balaban J connectivity index is 2.08. The number of carbonyl (C=O) groups is 1. The van der Waals surface area contributed by atoms with E-state index in [9.17, 15) is 4.79 Å². The summed E-state index contributed by atoms with van der Waals surface area (Å²) in [5.74, 6) is 0.988. The Bertz CT molecular complexity index is 713. The van der Waals surface area contributed by atoms with Gasteiger partial charge in [0.05, 0.1) is 25.3 Å². The molecule has 1 heterocycles. The van der Waals surface area contributed by atoms with E-state index in [2.05, 4.69) is 10.5 Å². The standard InChI is InChI=1S/C16H17N3O3/c1-16(2,10-17)18-15(20)9-12-8-14(22-19-12)11-5-4-6-13(7-11)21-3/h4-8H,9H2,1-3H3,(H,18,20). The van der Waals surface area contributed by atoms with Gasteiger partial charge in [-0.1, -0.05) is 17.3 Å². The largest absolute Gasteiger partial charge is 0.497 e. The van der Waals surface area contributed by atoms with Crippen molar-refractivity contribution < 1.29 is 14.1 Å². The van der Waals surface area contributed by atoms with E-state index in [1.807, 2.05) is 30.3 Å². The molecule has 22 heavy (non-hydrogen) atoms. The minimum absolute atomic E-state index is 0.0541. The maximum absolute atomic E-state index is 11.9. The van der Waals surface area contributed by atoms with Crippen LogP contribution in [0.3, 0.4) is 0 Å². The number of hydrogen-bond donors (Lipinski definition) is 1. The molecule has 0 saturated heterocycles. The predicted molar refractivity (Wildman–Crippen MR) is 80.0 cm³/mol. The number of rotatable bonds is 5. The van der Waals surface area contributed by atoms with Crippen molar-refractivity contribution in [1.82, 2.24) is 10.5 Å². The minimum Gasteiger partial charge on any atom is -0.497 e. The molecular formula is C16H17N3O3. The Kier molecular flexibility index (Phi) is 4.47. The first kappa shape index (κ1) is 15.6. The zero-order valence-corrected chi connectivity index (χ0v) is 12.7. The Morgan fingerprint density at radius 2 is 2.23 bits per heavy atom. The van der Waals surface area contributed by atoms with Crippen molar-refractivity contribution in [3.63, 3.8) is 0 Å². The van der Waals surface area contributed by atoms with Gasteiger partial charge in [0.25, 0.3) is 0 Å². The minimum atomic E-state index is -0.906. The fourth-order valence-corrected chi connectivity index (χ4v) is 1.89. The van der Waals surface area contributed by atoms with Gasteiger partial charge >= 0.3 is 0 Å². The SMILES string of the molecule is COc1cccc(-c2cc(CC(=O)NC(C)(C)C#N)no2)c1. The highest BCUT2D eigenvalue weighted by atomic mass is 16.5. The number of nitriles is 1. The molecule has 1 aromatic carbocycles. The number of nitrogens with one attached hydrogen (secondary N) is 1. The van der Waals surface area contributed by atoms with Gasteiger partial charge in [-0.2, -0.15) is 5.26 Å². The van der Waals surface area contributed by atoms with Crippen LogP contribution in [-0.2, 0) is 11.2 Å². The second-order valence-electron chi connectivity index (χ2n) is 5.38. The molecule has 0 aliphatic rings. The zero-order valence-electron chi connectivity index (χ0n) is 12.7. The van der Waals surface area contributed by atoms with Crippen LogP contribution in [0.1, 0.15) is 19.5 Å². The van der Waals surface area contributed by atoms with Crippen molar-refractivity contribution in [1.29, 1.82) is 5.26 Å². The van der Waals surface area contributed by atoms with Crippen molar-refractivity contribution in [2.75, 3.05) is 7.11 Å². The molecule has 2 rings (SSSR count). The lowest BCUT2D eigenvalue weighted by Crippen LogP contribution is -2.42. The second-order valence-corrected chi connectivity index (χ2v) is 5.38. The van der Waals surface area contributed by atoms with Crippen molar-refractivity contribution in [2.45, 2.75) is 25.8 Å². The lowest BCUT2D eigenvalue weighted by molar-refractivity contribution is -0.121. The average molecular weight is 299 g/mol. The molecule has 6 heteroatoms. The van der Waals surface area contributed by atoms with Gasteiger partial charge in [0.15, 0.2) is 5.76 Å². The van der Waals surface area contributed by atoms with Gasteiger partial charge in [0.1, 0.15) is 11.3 Å². The Hall–Kier alpha value is -2.81. The number of ether oxygens (including phenoxy) is 1. The van der Waals surface area contributed by atoms with Crippen LogP contribution in [0.2, 0.25) is 0 Å². The van der Waals surface area contributed by atoms with Crippen LogP contribution in [0.15, 0.2) is 34.9 Å².